The van der Waals surface area contributed by atoms with Gasteiger partial charge in [0.1, 0.15) is 5.82 Å². The number of aromatic nitrogens is 1. The molecule has 0 aliphatic rings. The summed E-state index contributed by atoms with van der Waals surface area (Å²) in [4.78, 5) is 7.04. The number of rotatable bonds is 2. The van der Waals surface area contributed by atoms with E-state index >= 15 is 0 Å². The number of pyridine rings is 1. The summed E-state index contributed by atoms with van der Waals surface area (Å²) >= 11 is 0. The smallest absolute Gasteiger partial charge is 0.220 e. The molecule has 2 nitrogen and oxygen atoms in total. The van der Waals surface area contributed by atoms with Gasteiger partial charge in [-0.25, -0.2) is 11.0 Å². The lowest BCUT2D eigenvalue weighted by atomic mass is 10.3. The zero-order valence-electron chi connectivity index (χ0n) is 5.92. The molecule has 0 amide bonds. The molecule has 0 bridgehead atoms. The number of nitrogens with zero attached hydrogens (tertiary/aromatic N) is 2. The Morgan fingerprint density at radius 3 is 3.09 bits per heavy atom. The lowest BCUT2D eigenvalue weighted by molar-refractivity contribution is 0.622. The normalized spacial score (nSPS) is 9.09. The third-order valence-corrected chi connectivity index (χ3v) is 1.26. The average Bonchev–Trinajstić information content (AvgIpc) is 2.01. The first kappa shape index (κ1) is 7.67. The maximum absolute atomic E-state index is 12.5. The zero-order chi connectivity index (χ0) is 8.10. The molecule has 1 aromatic heterocycles. The van der Waals surface area contributed by atoms with Crippen molar-refractivity contribution in [3.63, 3.8) is 0 Å². The average molecular weight is 150 g/mol. The van der Waals surface area contributed by atoms with E-state index in [-0.39, 0.29) is 5.82 Å². The fourth-order valence-electron chi connectivity index (χ4n) is 0.756. The molecule has 11 heavy (non-hydrogen) atoms. The van der Waals surface area contributed by atoms with Crippen molar-refractivity contribution in [2.45, 2.75) is 6.42 Å². The fraction of sp³-hybridized carbons (Fsp3) is 0.250. The fourth-order valence-corrected chi connectivity index (χ4v) is 0.756. The summed E-state index contributed by atoms with van der Waals surface area (Å²) < 4.78 is 12.5. The van der Waals surface area contributed by atoms with E-state index in [1.54, 1.807) is 0 Å². The molecule has 0 fully saturated rings. The zero-order valence-corrected chi connectivity index (χ0v) is 5.92. The van der Waals surface area contributed by atoms with Crippen molar-refractivity contribution >= 4 is 0 Å². The minimum Gasteiger partial charge on any atom is -0.317 e. The van der Waals surface area contributed by atoms with E-state index in [0.29, 0.717) is 18.7 Å². The van der Waals surface area contributed by atoms with Crippen LogP contribution in [0.25, 0.3) is 4.85 Å². The van der Waals surface area contributed by atoms with Crippen molar-refractivity contribution < 1.29 is 4.39 Å². The molecule has 0 saturated heterocycles. The van der Waals surface area contributed by atoms with Gasteiger partial charge in [-0.05, 0) is 12.1 Å². The van der Waals surface area contributed by atoms with Gasteiger partial charge in [-0.1, -0.05) is 0 Å². The van der Waals surface area contributed by atoms with Gasteiger partial charge in [0.15, 0.2) is 0 Å². The molecule has 0 saturated carbocycles. The highest BCUT2D eigenvalue weighted by Gasteiger charge is 1.96. The van der Waals surface area contributed by atoms with E-state index < -0.39 is 0 Å². The van der Waals surface area contributed by atoms with Crippen LogP contribution in [-0.2, 0) is 6.42 Å². The third kappa shape index (κ3) is 2.34. The highest BCUT2D eigenvalue weighted by Crippen LogP contribution is 1.99. The molecule has 3 heteroatoms. The lowest BCUT2D eigenvalue weighted by Gasteiger charge is -1.92. The van der Waals surface area contributed by atoms with Crippen LogP contribution in [0.5, 0.6) is 0 Å². The highest BCUT2D eigenvalue weighted by atomic mass is 19.1. The first-order chi connectivity index (χ1) is 5.33. The molecule has 1 rings (SSSR count). The number of halogens is 1. The Balaban J connectivity index is 2.65. The van der Waals surface area contributed by atoms with Gasteiger partial charge in [0, 0.05) is 6.20 Å². The van der Waals surface area contributed by atoms with E-state index in [1.165, 1.54) is 18.3 Å². The Morgan fingerprint density at radius 1 is 1.64 bits per heavy atom. The van der Waals surface area contributed by atoms with E-state index in [9.17, 15) is 4.39 Å². The Bertz CT molecular complexity index is 278. The van der Waals surface area contributed by atoms with Crippen LogP contribution in [0.1, 0.15) is 5.69 Å². The molecule has 1 heterocycles. The molecule has 0 atom stereocenters. The van der Waals surface area contributed by atoms with Gasteiger partial charge in [0.2, 0.25) is 6.54 Å². The quantitative estimate of drug-likeness (QED) is 0.586. The van der Waals surface area contributed by atoms with E-state index in [2.05, 4.69) is 9.83 Å². The van der Waals surface area contributed by atoms with Crippen molar-refractivity contribution in [3.8, 4) is 0 Å². The first-order valence-corrected chi connectivity index (χ1v) is 3.26. The van der Waals surface area contributed by atoms with Crippen LogP contribution in [0.15, 0.2) is 18.3 Å². The molecule has 0 aliphatic carbocycles. The predicted molar refractivity (Wildman–Crippen MR) is 39.4 cm³/mol. The van der Waals surface area contributed by atoms with Gasteiger partial charge in [-0.15, -0.1) is 0 Å². The molecule has 0 spiro atoms. The highest BCUT2D eigenvalue weighted by molar-refractivity contribution is 5.06. The molecule has 56 valence electrons. The standard InChI is InChI=1S/C8H7FN2/c1-10-4-3-8-6-7(9)2-5-11-8/h2,5-6H,3-4H2. The summed E-state index contributed by atoms with van der Waals surface area (Å²) in [6.07, 6.45) is 1.94. The van der Waals surface area contributed by atoms with Crippen LogP contribution in [0.3, 0.4) is 0 Å². The molecule has 0 aromatic carbocycles. The van der Waals surface area contributed by atoms with Crippen molar-refractivity contribution in [2.24, 2.45) is 0 Å². The largest absolute Gasteiger partial charge is 0.317 e. The molecular formula is C8H7FN2. The van der Waals surface area contributed by atoms with Gasteiger partial charge >= 0.3 is 0 Å². The molecule has 1 aromatic rings. The van der Waals surface area contributed by atoms with Gasteiger partial charge in [0.05, 0.1) is 12.1 Å². The van der Waals surface area contributed by atoms with Crippen molar-refractivity contribution in [2.75, 3.05) is 6.54 Å². The Labute approximate surface area is 64.5 Å². The van der Waals surface area contributed by atoms with Crippen molar-refractivity contribution in [1.29, 1.82) is 0 Å². The minimum atomic E-state index is -0.292. The van der Waals surface area contributed by atoms with Gasteiger partial charge in [-0.2, -0.15) is 0 Å². The molecule has 0 N–H and O–H groups in total. The SMILES string of the molecule is [C-]#[N+]CCc1cc(F)ccn1. The summed E-state index contributed by atoms with van der Waals surface area (Å²) in [7, 11) is 0. The summed E-state index contributed by atoms with van der Waals surface area (Å²) in [5.74, 6) is -0.292. The van der Waals surface area contributed by atoms with Crippen molar-refractivity contribution in [3.05, 3.63) is 41.3 Å². The van der Waals surface area contributed by atoms with Crippen LogP contribution < -0.4 is 0 Å². The maximum Gasteiger partial charge on any atom is 0.220 e. The van der Waals surface area contributed by atoms with E-state index in [1.807, 2.05) is 0 Å². The van der Waals surface area contributed by atoms with Crippen LogP contribution in [0.2, 0.25) is 0 Å². The van der Waals surface area contributed by atoms with Crippen LogP contribution in [0, 0.1) is 12.4 Å². The Hall–Kier alpha value is -1.43. The summed E-state index contributed by atoms with van der Waals surface area (Å²) in [6, 6.07) is 2.65. The van der Waals surface area contributed by atoms with E-state index in [4.69, 9.17) is 6.57 Å². The van der Waals surface area contributed by atoms with Crippen LogP contribution in [-0.4, -0.2) is 11.5 Å². The van der Waals surface area contributed by atoms with Gasteiger partial charge in [-0.3, -0.25) is 4.98 Å². The van der Waals surface area contributed by atoms with Gasteiger partial charge < -0.3 is 4.85 Å². The Kier molecular flexibility index (Phi) is 2.56. The summed E-state index contributed by atoms with van der Waals surface area (Å²) in [6.45, 7) is 6.88. The topological polar surface area (TPSA) is 17.2 Å². The van der Waals surface area contributed by atoms with Crippen LogP contribution in [0.4, 0.5) is 4.39 Å². The third-order valence-electron chi connectivity index (χ3n) is 1.26. The minimum absolute atomic E-state index is 0.292. The van der Waals surface area contributed by atoms with E-state index in [0.717, 1.165) is 0 Å². The second-order valence-electron chi connectivity index (χ2n) is 2.10. The molecule has 0 aliphatic heterocycles. The molecule has 0 unspecified atom stereocenters. The predicted octanol–water partition coefficient (Wildman–Crippen LogP) is 1.68. The monoisotopic (exact) mass is 150 g/mol. The van der Waals surface area contributed by atoms with Gasteiger partial charge in [0.25, 0.3) is 0 Å². The number of hydrogen-bond acceptors (Lipinski definition) is 1. The second-order valence-corrected chi connectivity index (χ2v) is 2.10. The van der Waals surface area contributed by atoms with Crippen LogP contribution >= 0.6 is 0 Å². The summed E-state index contributed by atoms with van der Waals surface area (Å²) in [5, 5.41) is 0. The first-order valence-electron chi connectivity index (χ1n) is 3.26. The van der Waals surface area contributed by atoms with Crippen molar-refractivity contribution in [1.82, 2.24) is 4.98 Å². The summed E-state index contributed by atoms with van der Waals surface area (Å²) in [5.41, 5.74) is 0.640. The Morgan fingerprint density at radius 2 is 2.45 bits per heavy atom. The molecular weight excluding hydrogens is 143 g/mol. The lowest BCUT2D eigenvalue weighted by Crippen LogP contribution is -1.92. The number of hydrogen-bond donors (Lipinski definition) is 0. The maximum atomic E-state index is 12.5. The second kappa shape index (κ2) is 3.67. The molecule has 0 radical (unpaired) electrons.